The number of rotatable bonds is 6. The Hall–Kier alpha value is -1.92. The van der Waals surface area contributed by atoms with Crippen LogP contribution in [0.5, 0.6) is 0 Å². The first-order chi connectivity index (χ1) is 9.47. The summed E-state index contributed by atoms with van der Waals surface area (Å²) < 4.78 is 4.57. The van der Waals surface area contributed by atoms with Gasteiger partial charge in [0.15, 0.2) is 0 Å². The Labute approximate surface area is 118 Å². The third-order valence-electron chi connectivity index (χ3n) is 3.08. The molecule has 0 aliphatic carbocycles. The van der Waals surface area contributed by atoms with E-state index >= 15 is 0 Å². The minimum atomic E-state index is -0.448. The van der Waals surface area contributed by atoms with Crippen LogP contribution >= 0.6 is 0 Å². The van der Waals surface area contributed by atoms with Gasteiger partial charge < -0.3 is 15.8 Å². The average molecular weight is 279 g/mol. The SMILES string of the molecule is COC(=O)CN(C)C(C)C(=O)Nc1cccc(CN)c1. The van der Waals surface area contributed by atoms with E-state index < -0.39 is 6.04 Å². The van der Waals surface area contributed by atoms with Crippen molar-refractivity contribution in [1.29, 1.82) is 0 Å². The molecule has 0 saturated carbocycles. The molecule has 6 nitrogen and oxygen atoms in total. The van der Waals surface area contributed by atoms with Gasteiger partial charge in [0.05, 0.1) is 19.7 Å². The molecular weight excluding hydrogens is 258 g/mol. The Morgan fingerprint density at radius 1 is 1.45 bits per heavy atom. The zero-order valence-corrected chi connectivity index (χ0v) is 12.1. The second-order valence-electron chi connectivity index (χ2n) is 4.56. The smallest absolute Gasteiger partial charge is 0.319 e. The number of methoxy groups -OCH3 is 1. The second-order valence-corrected chi connectivity index (χ2v) is 4.56. The highest BCUT2D eigenvalue weighted by molar-refractivity contribution is 5.94. The van der Waals surface area contributed by atoms with Crippen molar-refractivity contribution in [2.45, 2.75) is 19.5 Å². The summed E-state index contributed by atoms with van der Waals surface area (Å²) in [7, 11) is 3.01. The Kier molecular flexibility index (Phi) is 6.14. The van der Waals surface area contributed by atoms with Crippen molar-refractivity contribution >= 4 is 17.6 Å². The number of amides is 1. The van der Waals surface area contributed by atoms with Gasteiger partial charge in [-0.15, -0.1) is 0 Å². The topological polar surface area (TPSA) is 84.7 Å². The Morgan fingerprint density at radius 2 is 2.15 bits per heavy atom. The van der Waals surface area contributed by atoms with Crippen LogP contribution in [-0.2, 0) is 20.9 Å². The predicted molar refractivity (Wildman–Crippen MR) is 77.1 cm³/mol. The van der Waals surface area contributed by atoms with Crippen LogP contribution in [0.2, 0.25) is 0 Å². The maximum absolute atomic E-state index is 12.1. The molecule has 0 bridgehead atoms. The van der Waals surface area contributed by atoms with E-state index in [1.807, 2.05) is 18.2 Å². The molecular formula is C14H21N3O3. The average Bonchev–Trinajstić information content (AvgIpc) is 2.46. The normalized spacial score (nSPS) is 12.1. The highest BCUT2D eigenvalue weighted by Gasteiger charge is 2.20. The molecule has 1 rings (SSSR count). The first-order valence-electron chi connectivity index (χ1n) is 6.35. The number of nitrogens with one attached hydrogen (secondary N) is 1. The van der Waals surface area contributed by atoms with E-state index in [1.54, 1.807) is 24.9 Å². The molecule has 0 spiro atoms. The summed E-state index contributed by atoms with van der Waals surface area (Å²) in [5, 5.41) is 2.80. The molecule has 20 heavy (non-hydrogen) atoms. The molecule has 110 valence electrons. The summed E-state index contributed by atoms with van der Waals surface area (Å²) in [4.78, 5) is 24.9. The number of nitrogens with two attached hydrogens (primary N) is 1. The largest absolute Gasteiger partial charge is 0.468 e. The number of esters is 1. The first-order valence-corrected chi connectivity index (χ1v) is 6.35. The number of carbonyl (C=O) groups is 2. The van der Waals surface area contributed by atoms with Gasteiger partial charge in [-0.1, -0.05) is 12.1 Å². The molecule has 0 fully saturated rings. The van der Waals surface area contributed by atoms with E-state index in [0.29, 0.717) is 12.2 Å². The van der Waals surface area contributed by atoms with Gasteiger partial charge in [0.1, 0.15) is 0 Å². The zero-order valence-electron chi connectivity index (χ0n) is 12.1. The lowest BCUT2D eigenvalue weighted by Crippen LogP contribution is -2.42. The van der Waals surface area contributed by atoms with Crippen LogP contribution in [0.15, 0.2) is 24.3 Å². The standard InChI is InChI=1S/C14H21N3O3/c1-10(17(2)9-13(18)20-3)14(19)16-12-6-4-5-11(7-12)8-15/h4-7,10H,8-9,15H2,1-3H3,(H,16,19). The summed E-state index contributed by atoms with van der Waals surface area (Å²) in [6.45, 7) is 2.21. The van der Waals surface area contributed by atoms with Crippen LogP contribution in [0.1, 0.15) is 12.5 Å². The van der Waals surface area contributed by atoms with Crippen molar-refractivity contribution in [2.24, 2.45) is 5.73 Å². The van der Waals surface area contributed by atoms with Crippen molar-refractivity contribution in [1.82, 2.24) is 4.90 Å². The van der Waals surface area contributed by atoms with Crippen LogP contribution < -0.4 is 11.1 Å². The van der Waals surface area contributed by atoms with Gasteiger partial charge in [-0.3, -0.25) is 14.5 Å². The maximum Gasteiger partial charge on any atom is 0.319 e. The fourth-order valence-corrected chi connectivity index (χ4v) is 1.63. The highest BCUT2D eigenvalue weighted by Crippen LogP contribution is 2.11. The van der Waals surface area contributed by atoms with Gasteiger partial charge in [0.2, 0.25) is 5.91 Å². The van der Waals surface area contributed by atoms with Gasteiger partial charge in [-0.05, 0) is 31.7 Å². The molecule has 1 aromatic rings. The molecule has 0 aliphatic rings. The summed E-state index contributed by atoms with van der Waals surface area (Å²) >= 11 is 0. The lowest BCUT2D eigenvalue weighted by Gasteiger charge is -2.22. The van der Waals surface area contributed by atoms with Gasteiger partial charge >= 0.3 is 5.97 Å². The number of nitrogens with zero attached hydrogens (tertiary/aromatic N) is 1. The monoisotopic (exact) mass is 279 g/mol. The molecule has 0 saturated heterocycles. The Morgan fingerprint density at radius 3 is 2.75 bits per heavy atom. The van der Waals surface area contributed by atoms with Crippen LogP contribution in [0, 0.1) is 0 Å². The van der Waals surface area contributed by atoms with Gasteiger partial charge in [-0.2, -0.15) is 0 Å². The molecule has 1 aromatic carbocycles. The third kappa shape index (κ3) is 4.64. The van der Waals surface area contributed by atoms with Crippen LogP contribution in [0.3, 0.4) is 0 Å². The number of hydrogen-bond acceptors (Lipinski definition) is 5. The summed E-state index contributed by atoms with van der Waals surface area (Å²) in [6.07, 6.45) is 0. The molecule has 3 N–H and O–H groups in total. The molecule has 1 unspecified atom stereocenters. The predicted octanol–water partition coefficient (Wildman–Crippen LogP) is 0.577. The maximum atomic E-state index is 12.1. The molecule has 1 amide bonds. The van der Waals surface area contributed by atoms with E-state index in [-0.39, 0.29) is 18.4 Å². The second kappa shape index (κ2) is 7.62. The van der Waals surface area contributed by atoms with Crippen LogP contribution in [0.25, 0.3) is 0 Å². The summed E-state index contributed by atoms with van der Waals surface area (Å²) in [6, 6.07) is 6.90. The number of carbonyl (C=O) groups excluding carboxylic acids is 2. The Bertz CT molecular complexity index is 476. The molecule has 0 aromatic heterocycles. The van der Waals surface area contributed by atoms with E-state index in [0.717, 1.165) is 5.56 Å². The lowest BCUT2D eigenvalue weighted by atomic mass is 10.2. The molecule has 6 heteroatoms. The highest BCUT2D eigenvalue weighted by atomic mass is 16.5. The third-order valence-corrected chi connectivity index (χ3v) is 3.08. The minimum Gasteiger partial charge on any atom is -0.468 e. The lowest BCUT2D eigenvalue weighted by molar-refractivity contribution is -0.142. The van der Waals surface area contributed by atoms with E-state index in [1.165, 1.54) is 7.11 Å². The van der Waals surface area contributed by atoms with Gasteiger partial charge in [0.25, 0.3) is 0 Å². The van der Waals surface area contributed by atoms with E-state index in [9.17, 15) is 9.59 Å². The van der Waals surface area contributed by atoms with Crippen molar-refractivity contribution in [3.63, 3.8) is 0 Å². The number of hydrogen-bond donors (Lipinski definition) is 2. The van der Waals surface area contributed by atoms with E-state index in [4.69, 9.17) is 5.73 Å². The summed E-state index contributed by atoms with van der Waals surface area (Å²) in [5.74, 6) is -0.567. The summed E-state index contributed by atoms with van der Waals surface area (Å²) in [5.41, 5.74) is 7.19. The number of benzene rings is 1. The van der Waals surface area contributed by atoms with E-state index in [2.05, 4.69) is 10.1 Å². The molecule has 0 radical (unpaired) electrons. The van der Waals surface area contributed by atoms with Crippen LogP contribution in [0.4, 0.5) is 5.69 Å². The number of anilines is 1. The first kappa shape index (κ1) is 16.1. The molecule has 1 atom stereocenters. The Balaban J connectivity index is 2.62. The number of likely N-dealkylation sites (N-methyl/N-ethyl adjacent to an activating group) is 1. The van der Waals surface area contributed by atoms with Gasteiger partial charge in [0, 0.05) is 12.2 Å². The quantitative estimate of drug-likeness (QED) is 0.744. The molecule has 0 aliphatic heterocycles. The minimum absolute atomic E-state index is 0.0634. The zero-order chi connectivity index (χ0) is 15.1. The van der Waals surface area contributed by atoms with Crippen molar-refractivity contribution in [2.75, 3.05) is 26.0 Å². The van der Waals surface area contributed by atoms with Crippen LogP contribution in [-0.4, -0.2) is 43.5 Å². The van der Waals surface area contributed by atoms with Crippen molar-refractivity contribution < 1.29 is 14.3 Å². The van der Waals surface area contributed by atoms with Crippen molar-refractivity contribution in [3.05, 3.63) is 29.8 Å². The molecule has 0 heterocycles. The fourth-order valence-electron chi connectivity index (χ4n) is 1.63. The fraction of sp³-hybridized carbons (Fsp3) is 0.429. The number of ether oxygens (including phenoxy) is 1. The van der Waals surface area contributed by atoms with Crippen molar-refractivity contribution in [3.8, 4) is 0 Å². The van der Waals surface area contributed by atoms with Gasteiger partial charge in [-0.25, -0.2) is 0 Å².